The highest BCUT2D eigenvalue weighted by atomic mass is 35.5. The Hall–Kier alpha value is -1.88. The Kier molecular flexibility index (Phi) is 4.75. The van der Waals surface area contributed by atoms with Gasteiger partial charge in [-0.15, -0.1) is 0 Å². The molecule has 0 bridgehead atoms. The number of hydrazine groups is 1. The maximum atomic E-state index is 13.1. The molecule has 4 rings (SSSR count). The Morgan fingerprint density at radius 1 is 1.08 bits per heavy atom. The lowest BCUT2D eigenvalue weighted by molar-refractivity contribution is -0.134. The summed E-state index contributed by atoms with van der Waals surface area (Å²) in [6.45, 7) is 2.25. The standard InChI is InChI=1S/C20H22ClN3O/c21-17-8-4-7-15(11-17)16-9-10-24(13-16)20(25)18-12-22-23-19(18)14-5-2-1-3-6-14/h1-8,11,16,18-19,22-23H,9-10,12-13H2. The van der Waals surface area contributed by atoms with Gasteiger partial charge in [0.1, 0.15) is 0 Å². The Morgan fingerprint density at radius 3 is 2.68 bits per heavy atom. The minimum absolute atomic E-state index is 0.0268. The van der Waals surface area contributed by atoms with E-state index in [4.69, 9.17) is 11.6 Å². The Morgan fingerprint density at radius 2 is 1.88 bits per heavy atom. The molecule has 2 aliphatic rings. The number of rotatable bonds is 3. The van der Waals surface area contributed by atoms with E-state index < -0.39 is 0 Å². The van der Waals surface area contributed by atoms with Gasteiger partial charge in [0, 0.05) is 30.6 Å². The normalized spacial score (nSPS) is 26.1. The minimum Gasteiger partial charge on any atom is -0.342 e. The molecule has 3 unspecified atom stereocenters. The number of benzene rings is 2. The van der Waals surface area contributed by atoms with Gasteiger partial charge in [0.05, 0.1) is 12.0 Å². The van der Waals surface area contributed by atoms with Crippen LogP contribution in [-0.2, 0) is 4.79 Å². The molecular weight excluding hydrogens is 334 g/mol. The number of hydrogen-bond acceptors (Lipinski definition) is 3. The van der Waals surface area contributed by atoms with Crippen LogP contribution in [-0.4, -0.2) is 30.4 Å². The van der Waals surface area contributed by atoms with Gasteiger partial charge in [0.15, 0.2) is 0 Å². The van der Waals surface area contributed by atoms with E-state index in [9.17, 15) is 4.79 Å². The third-order valence-electron chi connectivity index (χ3n) is 5.28. The Bertz CT molecular complexity index is 752. The van der Waals surface area contributed by atoms with E-state index in [1.165, 1.54) is 5.56 Å². The molecule has 0 aromatic heterocycles. The first-order valence-electron chi connectivity index (χ1n) is 8.80. The molecule has 5 heteroatoms. The molecule has 0 radical (unpaired) electrons. The van der Waals surface area contributed by atoms with Gasteiger partial charge in [-0.25, -0.2) is 5.43 Å². The summed E-state index contributed by atoms with van der Waals surface area (Å²) >= 11 is 6.12. The molecule has 2 saturated heterocycles. The monoisotopic (exact) mass is 355 g/mol. The number of hydrogen-bond donors (Lipinski definition) is 2. The van der Waals surface area contributed by atoms with Gasteiger partial charge in [-0.3, -0.25) is 10.2 Å². The molecule has 0 saturated carbocycles. The highest BCUT2D eigenvalue weighted by molar-refractivity contribution is 6.30. The molecule has 0 aliphatic carbocycles. The van der Waals surface area contributed by atoms with Crippen molar-refractivity contribution in [3.63, 3.8) is 0 Å². The number of carbonyl (C=O) groups excluding carboxylic acids is 1. The van der Waals surface area contributed by atoms with Crippen molar-refractivity contribution in [3.05, 3.63) is 70.7 Å². The number of nitrogens with one attached hydrogen (secondary N) is 2. The summed E-state index contributed by atoms with van der Waals surface area (Å²) in [5.41, 5.74) is 8.80. The summed E-state index contributed by atoms with van der Waals surface area (Å²) in [7, 11) is 0. The van der Waals surface area contributed by atoms with Crippen molar-refractivity contribution < 1.29 is 4.79 Å². The number of nitrogens with zero attached hydrogens (tertiary/aromatic N) is 1. The molecule has 25 heavy (non-hydrogen) atoms. The molecule has 1 amide bonds. The zero-order chi connectivity index (χ0) is 17.2. The summed E-state index contributed by atoms with van der Waals surface area (Å²) < 4.78 is 0. The smallest absolute Gasteiger partial charge is 0.229 e. The molecule has 2 aromatic rings. The highest BCUT2D eigenvalue weighted by Gasteiger charge is 2.38. The average molecular weight is 356 g/mol. The van der Waals surface area contributed by atoms with Crippen LogP contribution in [0.3, 0.4) is 0 Å². The van der Waals surface area contributed by atoms with E-state index >= 15 is 0 Å². The fraction of sp³-hybridized carbons (Fsp3) is 0.350. The lowest BCUT2D eigenvalue weighted by Crippen LogP contribution is -2.37. The van der Waals surface area contributed by atoms with Crippen LogP contribution in [0.2, 0.25) is 5.02 Å². The molecule has 2 aliphatic heterocycles. The van der Waals surface area contributed by atoms with Crippen molar-refractivity contribution in [2.75, 3.05) is 19.6 Å². The molecule has 3 atom stereocenters. The second kappa shape index (κ2) is 7.16. The molecule has 2 aromatic carbocycles. The van der Waals surface area contributed by atoms with Crippen LogP contribution in [0.4, 0.5) is 0 Å². The first-order valence-corrected chi connectivity index (χ1v) is 9.18. The van der Waals surface area contributed by atoms with Crippen LogP contribution in [0.25, 0.3) is 0 Å². The van der Waals surface area contributed by atoms with Crippen molar-refractivity contribution in [1.82, 2.24) is 15.8 Å². The molecule has 130 valence electrons. The van der Waals surface area contributed by atoms with Crippen LogP contribution in [0.15, 0.2) is 54.6 Å². The number of carbonyl (C=O) groups is 1. The predicted octanol–water partition coefficient (Wildman–Crippen LogP) is 3.12. The van der Waals surface area contributed by atoms with Gasteiger partial charge in [-0.1, -0.05) is 54.1 Å². The van der Waals surface area contributed by atoms with E-state index in [0.29, 0.717) is 12.5 Å². The number of halogens is 1. The molecule has 2 N–H and O–H groups in total. The van der Waals surface area contributed by atoms with E-state index in [1.807, 2.05) is 41.3 Å². The first-order chi connectivity index (χ1) is 12.2. The summed E-state index contributed by atoms with van der Waals surface area (Å²) in [6, 6.07) is 18.2. The SMILES string of the molecule is O=C(C1CNNC1c1ccccc1)N1CCC(c2cccc(Cl)c2)C1. The third-order valence-corrected chi connectivity index (χ3v) is 5.51. The summed E-state index contributed by atoms with van der Waals surface area (Å²) in [5.74, 6) is 0.538. The van der Waals surface area contributed by atoms with Crippen LogP contribution >= 0.6 is 11.6 Å². The quantitative estimate of drug-likeness (QED) is 0.889. The van der Waals surface area contributed by atoms with E-state index in [0.717, 1.165) is 30.1 Å². The van der Waals surface area contributed by atoms with E-state index in [1.54, 1.807) is 0 Å². The van der Waals surface area contributed by atoms with Gasteiger partial charge in [-0.2, -0.15) is 0 Å². The second-order valence-corrected chi connectivity index (χ2v) is 7.28. The van der Waals surface area contributed by atoms with Crippen molar-refractivity contribution in [3.8, 4) is 0 Å². The largest absolute Gasteiger partial charge is 0.342 e. The topological polar surface area (TPSA) is 44.4 Å². The predicted molar refractivity (Wildman–Crippen MR) is 99.2 cm³/mol. The molecule has 2 fully saturated rings. The fourth-order valence-corrected chi connectivity index (χ4v) is 4.13. The molecule has 4 nitrogen and oxygen atoms in total. The van der Waals surface area contributed by atoms with Crippen LogP contribution in [0.1, 0.15) is 29.5 Å². The van der Waals surface area contributed by atoms with E-state index in [-0.39, 0.29) is 17.9 Å². The third kappa shape index (κ3) is 3.43. The van der Waals surface area contributed by atoms with Gasteiger partial charge in [0.25, 0.3) is 0 Å². The van der Waals surface area contributed by atoms with Crippen LogP contribution < -0.4 is 10.9 Å². The number of likely N-dealkylation sites (tertiary alicyclic amines) is 1. The summed E-state index contributed by atoms with van der Waals surface area (Å²) in [4.78, 5) is 15.1. The van der Waals surface area contributed by atoms with Crippen molar-refractivity contribution in [1.29, 1.82) is 0 Å². The summed E-state index contributed by atoms with van der Waals surface area (Å²) in [6.07, 6.45) is 0.996. The van der Waals surface area contributed by atoms with Crippen molar-refractivity contribution in [2.45, 2.75) is 18.4 Å². The zero-order valence-electron chi connectivity index (χ0n) is 14.0. The second-order valence-electron chi connectivity index (χ2n) is 6.84. The lowest BCUT2D eigenvalue weighted by atomic mass is 9.93. The van der Waals surface area contributed by atoms with Gasteiger partial charge < -0.3 is 4.90 Å². The first kappa shape index (κ1) is 16.6. The van der Waals surface area contributed by atoms with Crippen molar-refractivity contribution >= 4 is 17.5 Å². The van der Waals surface area contributed by atoms with Gasteiger partial charge >= 0.3 is 0 Å². The molecular formula is C20H22ClN3O. The van der Waals surface area contributed by atoms with Gasteiger partial charge in [0.2, 0.25) is 5.91 Å². The maximum absolute atomic E-state index is 13.1. The number of amides is 1. The average Bonchev–Trinajstić information content (AvgIpc) is 3.32. The molecule has 2 heterocycles. The Balaban J connectivity index is 1.46. The van der Waals surface area contributed by atoms with Crippen LogP contribution in [0.5, 0.6) is 0 Å². The van der Waals surface area contributed by atoms with E-state index in [2.05, 4.69) is 29.1 Å². The van der Waals surface area contributed by atoms with Gasteiger partial charge in [-0.05, 0) is 29.7 Å². The lowest BCUT2D eigenvalue weighted by Gasteiger charge is -2.24. The fourth-order valence-electron chi connectivity index (χ4n) is 3.93. The molecule has 0 spiro atoms. The minimum atomic E-state index is -0.0690. The zero-order valence-corrected chi connectivity index (χ0v) is 14.7. The van der Waals surface area contributed by atoms with Crippen LogP contribution in [0, 0.1) is 5.92 Å². The van der Waals surface area contributed by atoms with Crippen molar-refractivity contribution in [2.24, 2.45) is 5.92 Å². The Labute approximate surface area is 153 Å². The summed E-state index contributed by atoms with van der Waals surface area (Å²) in [5, 5.41) is 0.760. The maximum Gasteiger partial charge on any atom is 0.229 e. The highest BCUT2D eigenvalue weighted by Crippen LogP contribution is 2.32.